The van der Waals surface area contributed by atoms with E-state index in [4.69, 9.17) is 0 Å². The molecule has 1 aliphatic heterocycles. The minimum atomic E-state index is -0.428. The molecule has 0 aliphatic carbocycles. The van der Waals surface area contributed by atoms with Crippen molar-refractivity contribution in [1.29, 1.82) is 0 Å². The van der Waals surface area contributed by atoms with Crippen molar-refractivity contribution >= 4 is 29.7 Å². The quantitative estimate of drug-likeness (QED) is 0.776. The van der Waals surface area contributed by atoms with Crippen molar-refractivity contribution in [3.8, 4) is 10.4 Å². The Morgan fingerprint density at radius 2 is 2.12 bits per heavy atom. The van der Waals surface area contributed by atoms with E-state index < -0.39 is 6.10 Å². The zero-order chi connectivity index (χ0) is 16.4. The van der Waals surface area contributed by atoms with Crippen LogP contribution in [-0.4, -0.2) is 34.7 Å². The average molecular weight is 368 g/mol. The first kappa shape index (κ1) is 18.9. The van der Waals surface area contributed by atoms with Gasteiger partial charge in [0.05, 0.1) is 34.3 Å². The summed E-state index contributed by atoms with van der Waals surface area (Å²) in [6, 6.07) is 7.84. The first-order chi connectivity index (χ1) is 11.0. The fourth-order valence-corrected chi connectivity index (χ4v) is 3.63. The molecule has 0 saturated carbocycles. The lowest BCUT2D eigenvalue weighted by Crippen LogP contribution is -2.41. The molecule has 130 valence electrons. The maximum absolute atomic E-state index is 12.2. The Labute approximate surface area is 151 Å². The Kier molecular flexibility index (Phi) is 6.34. The van der Waals surface area contributed by atoms with Crippen LogP contribution in [0, 0.1) is 6.92 Å². The van der Waals surface area contributed by atoms with Crippen molar-refractivity contribution in [3.63, 3.8) is 0 Å². The van der Waals surface area contributed by atoms with Crippen LogP contribution in [0.25, 0.3) is 10.4 Å². The zero-order valence-electron chi connectivity index (χ0n) is 13.7. The third-order valence-corrected chi connectivity index (χ3v) is 5.18. The molecular formula is C17H22ClN3O2S. The monoisotopic (exact) mass is 367 g/mol. The van der Waals surface area contributed by atoms with Gasteiger partial charge >= 0.3 is 0 Å². The number of rotatable bonds is 4. The molecule has 1 aromatic carbocycles. The minimum absolute atomic E-state index is 0. The van der Waals surface area contributed by atoms with Gasteiger partial charge in [0.2, 0.25) is 5.91 Å². The lowest BCUT2D eigenvalue weighted by atomic mass is 10.0. The van der Waals surface area contributed by atoms with E-state index in [1.54, 1.807) is 11.3 Å². The van der Waals surface area contributed by atoms with Gasteiger partial charge in [-0.2, -0.15) is 0 Å². The second-order valence-corrected chi connectivity index (χ2v) is 6.82. The molecule has 3 rings (SSSR count). The lowest BCUT2D eigenvalue weighted by molar-refractivity contribution is -0.123. The number of aliphatic hydroxyl groups excluding tert-OH is 1. The van der Waals surface area contributed by atoms with Crippen molar-refractivity contribution < 1.29 is 9.90 Å². The number of benzene rings is 1. The second kappa shape index (κ2) is 8.07. The van der Waals surface area contributed by atoms with Crippen molar-refractivity contribution in [3.05, 3.63) is 41.0 Å². The van der Waals surface area contributed by atoms with Gasteiger partial charge in [0.1, 0.15) is 0 Å². The van der Waals surface area contributed by atoms with Crippen LogP contribution in [-0.2, 0) is 4.79 Å². The molecule has 2 heterocycles. The smallest absolute Gasteiger partial charge is 0.237 e. The van der Waals surface area contributed by atoms with Crippen LogP contribution >= 0.6 is 23.7 Å². The molecule has 7 heteroatoms. The summed E-state index contributed by atoms with van der Waals surface area (Å²) < 4.78 is 0. The molecule has 3 atom stereocenters. The summed E-state index contributed by atoms with van der Waals surface area (Å²) in [5.74, 6) is -0.0589. The SMILES string of the molecule is Cc1ncsc1-c1ccc([C@H](C)NC(=O)[C@@H]2CC(O)CN2)cc1.Cl. The second-order valence-electron chi connectivity index (χ2n) is 5.97. The molecule has 0 radical (unpaired) electrons. The van der Waals surface area contributed by atoms with Gasteiger partial charge in [-0.15, -0.1) is 23.7 Å². The van der Waals surface area contributed by atoms with Gasteiger partial charge in [-0.05, 0) is 31.4 Å². The summed E-state index contributed by atoms with van der Waals surface area (Å²) in [6.45, 7) is 4.46. The highest BCUT2D eigenvalue weighted by molar-refractivity contribution is 7.13. The maximum atomic E-state index is 12.2. The highest BCUT2D eigenvalue weighted by Crippen LogP contribution is 2.28. The molecule has 24 heavy (non-hydrogen) atoms. The molecule has 5 nitrogen and oxygen atoms in total. The number of nitrogens with zero attached hydrogens (tertiary/aromatic N) is 1. The third kappa shape index (κ3) is 4.13. The topological polar surface area (TPSA) is 74.2 Å². The van der Waals surface area contributed by atoms with E-state index in [2.05, 4.69) is 27.8 Å². The van der Waals surface area contributed by atoms with Gasteiger partial charge in [0, 0.05) is 6.54 Å². The van der Waals surface area contributed by atoms with Gasteiger partial charge in [0.15, 0.2) is 0 Å². The summed E-state index contributed by atoms with van der Waals surface area (Å²) >= 11 is 1.63. The zero-order valence-corrected chi connectivity index (χ0v) is 15.3. The molecule has 1 amide bonds. The molecule has 1 aromatic heterocycles. The summed E-state index contributed by atoms with van der Waals surface area (Å²) in [7, 11) is 0. The summed E-state index contributed by atoms with van der Waals surface area (Å²) in [5.41, 5.74) is 5.09. The Morgan fingerprint density at radius 1 is 1.42 bits per heavy atom. The van der Waals surface area contributed by atoms with E-state index in [-0.39, 0.29) is 30.4 Å². The normalized spacial score (nSPS) is 21.1. The molecule has 1 saturated heterocycles. The van der Waals surface area contributed by atoms with Crippen LogP contribution in [0.15, 0.2) is 29.8 Å². The van der Waals surface area contributed by atoms with Gasteiger partial charge < -0.3 is 15.7 Å². The number of aliphatic hydroxyl groups is 1. The fraction of sp³-hybridized carbons (Fsp3) is 0.412. The lowest BCUT2D eigenvalue weighted by Gasteiger charge is -2.18. The molecule has 2 aromatic rings. The molecule has 1 unspecified atom stereocenters. The van der Waals surface area contributed by atoms with Crippen molar-refractivity contribution in [2.24, 2.45) is 0 Å². The predicted molar refractivity (Wildman–Crippen MR) is 98.5 cm³/mol. The molecular weight excluding hydrogens is 346 g/mol. The predicted octanol–water partition coefficient (Wildman–Crippen LogP) is 2.44. The first-order valence-corrected chi connectivity index (χ1v) is 8.65. The highest BCUT2D eigenvalue weighted by Gasteiger charge is 2.28. The number of amides is 1. The summed E-state index contributed by atoms with van der Waals surface area (Å²) in [6.07, 6.45) is 0.0466. The number of aromatic nitrogens is 1. The molecule has 0 spiro atoms. The molecule has 1 aliphatic rings. The van der Waals surface area contributed by atoms with Crippen LogP contribution in [0.3, 0.4) is 0 Å². The summed E-state index contributed by atoms with van der Waals surface area (Å²) in [4.78, 5) is 17.6. The van der Waals surface area contributed by atoms with Gasteiger partial charge in [-0.3, -0.25) is 4.79 Å². The number of thiazole rings is 1. The molecule has 1 fully saturated rings. The van der Waals surface area contributed by atoms with E-state index in [1.165, 1.54) is 4.88 Å². The van der Waals surface area contributed by atoms with Crippen LogP contribution in [0.4, 0.5) is 0 Å². The Morgan fingerprint density at radius 3 is 2.67 bits per heavy atom. The number of nitrogens with one attached hydrogen (secondary N) is 2. The maximum Gasteiger partial charge on any atom is 0.237 e. The van der Waals surface area contributed by atoms with Crippen LogP contribution < -0.4 is 10.6 Å². The number of hydrogen-bond acceptors (Lipinski definition) is 5. The van der Waals surface area contributed by atoms with Crippen molar-refractivity contribution in [2.45, 2.75) is 38.5 Å². The third-order valence-electron chi connectivity index (χ3n) is 4.20. The number of carbonyl (C=O) groups excluding carboxylic acids is 1. The van der Waals surface area contributed by atoms with E-state index in [0.717, 1.165) is 16.8 Å². The Hall–Kier alpha value is -1.47. The van der Waals surface area contributed by atoms with Gasteiger partial charge in [-0.25, -0.2) is 4.98 Å². The van der Waals surface area contributed by atoms with E-state index in [1.807, 2.05) is 31.5 Å². The van der Waals surface area contributed by atoms with Crippen LogP contribution in [0.2, 0.25) is 0 Å². The van der Waals surface area contributed by atoms with Crippen LogP contribution in [0.5, 0.6) is 0 Å². The number of aryl methyl sites for hydroxylation is 1. The highest BCUT2D eigenvalue weighted by atomic mass is 35.5. The largest absolute Gasteiger partial charge is 0.392 e. The van der Waals surface area contributed by atoms with E-state index in [0.29, 0.717) is 13.0 Å². The fourth-order valence-electron chi connectivity index (χ4n) is 2.82. The number of halogens is 1. The Balaban J connectivity index is 0.00000208. The molecule has 3 N–H and O–H groups in total. The standard InChI is InChI=1S/C17H21N3O2S.ClH/c1-10(20-17(22)15-7-14(21)8-18-15)12-3-5-13(6-4-12)16-11(2)19-9-23-16;/h3-6,9-10,14-15,18,21H,7-8H2,1-2H3,(H,20,22);1H/t10-,14?,15-;/m0./s1. The van der Waals surface area contributed by atoms with Crippen molar-refractivity contribution in [1.82, 2.24) is 15.6 Å². The number of carbonyl (C=O) groups is 1. The van der Waals surface area contributed by atoms with Gasteiger partial charge in [0.25, 0.3) is 0 Å². The minimum Gasteiger partial charge on any atom is -0.392 e. The molecule has 0 bridgehead atoms. The number of β-amino-alcohol motifs (C(OH)–C–C–N with tert-alkyl or cyclic N) is 1. The number of hydrogen-bond donors (Lipinski definition) is 3. The van der Waals surface area contributed by atoms with Gasteiger partial charge in [-0.1, -0.05) is 24.3 Å². The van der Waals surface area contributed by atoms with Crippen molar-refractivity contribution in [2.75, 3.05) is 6.54 Å². The first-order valence-electron chi connectivity index (χ1n) is 7.77. The van der Waals surface area contributed by atoms with E-state index in [9.17, 15) is 9.90 Å². The van der Waals surface area contributed by atoms with E-state index >= 15 is 0 Å². The van der Waals surface area contributed by atoms with Crippen LogP contribution in [0.1, 0.15) is 30.6 Å². The average Bonchev–Trinajstić information content (AvgIpc) is 3.16. The summed E-state index contributed by atoms with van der Waals surface area (Å²) in [5, 5.41) is 15.5. The Bertz CT molecular complexity index is 689.